The number of aliphatic hydroxyl groups is 1. The molecule has 1 spiro atoms. The minimum Gasteiger partial charge on any atom is -0.389 e. The molecule has 2 nitrogen and oxygen atoms in total. The normalized spacial score (nSPS) is 35.7. The van der Waals surface area contributed by atoms with E-state index in [-0.39, 0.29) is 11.7 Å². The highest BCUT2D eigenvalue weighted by Crippen LogP contribution is 2.43. The lowest BCUT2D eigenvalue weighted by atomic mass is 9.77. The van der Waals surface area contributed by atoms with Crippen molar-refractivity contribution in [2.45, 2.75) is 63.1 Å². The molecular weight excluding hydrogens is 256 g/mol. The topological polar surface area (TPSA) is 29.5 Å². The molecule has 19 heavy (non-hydrogen) atoms. The molecule has 3 aliphatic rings. The molecule has 0 amide bonds. The largest absolute Gasteiger partial charge is 0.389 e. The molecule has 0 aromatic heterocycles. The fourth-order valence-corrected chi connectivity index (χ4v) is 5.11. The van der Waals surface area contributed by atoms with E-state index < -0.39 is 0 Å². The van der Waals surface area contributed by atoms with Crippen LogP contribution in [-0.4, -0.2) is 34.9 Å². The van der Waals surface area contributed by atoms with Crippen LogP contribution in [0.4, 0.5) is 0 Å². The van der Waals surface area contributed by atoms with E-state index in [1.807, 2.05) is 0 Å². The predicted molar refractivity (Wildman–Crippen MR) is 80.5 cm³/mol. The van der Waals surface area contributed by atoms with Gasteiger partial charge in [-0.2, -0.15) is 11.8 Å². The van der Waals surface area contributed by atoms with Crippen LogP contribution >= 0.6 is 11.8 Å². The summed E-state index contributed by atoms with van der Waals surface area (Å²) in [4.78, 5) is 0. The van der Waals surface area contributed by atoms with Crippen LogP contribution in [0, 0.1) is 5.92 Å². The highest BCUT2D eigenvalue weighted by molar-refractivity contribution is 7.99. The zero-order valence-electron chi connectivity index (χ0n) is 11.8. The summed E-state index contributed by atoms with van der Waals surface area (Å²) in [6, 6.07) is 0. The Balaban J connectivity index is 1.70. The number of hydrogen-bond donors (Lipinski definition) is 1. The molecule has 3 heteroatoms. The number of hydrogen-bond acceptors (Lipinski definition) is 3. The molecule has 0 radical (unpaired) electrons. The van der Waals surface area contributed by atoms with Crippen LogP contribution in [0.1, 0.15) is 51.4 Å². The summed E-state index contributed by atoms with van der Waals surface area (Å²) < 4.78 is 6.18. The van der Waals surface area contributed by atoms with Crippen molar-refractivity contribution in [2.75, 3.05) is 18.1 Å². The van der Waals surface area contributed by atoms with Crippen molar-refractivity contribution in [3.63, 3.8) is 0 Å². The van der Waals surface area contributed by atoms with E-state index in [0.717, 1.165) is 19.4 Å². The van der Waals surface area contributed by atoms with Crippen molar-refractivity contribution < 1.29 is 9.84 Å². The summed E-state index contributed by atoms with van der Waals surface area (Å²) in [7, 11) is 0. The van der Waals surface area contributed by atoms with Crippen molar-refractivity contribution >= 4 is 11.8 Å². The molecule has 3 rings (SSSR count). The highest BCUT2D eigenvalue weighted by Gasteiger charge is 2.39. The van der Waals surface area contributed by atoms with Gasteiger partial charge >= 0.3 is 0 Å². The van der Waals surface area contributed by atoms with Crippen LogP contribution in [0.2, 0.25) is 0 Å². The molecule has 1 aliphatic carbocycles. The molecule has 108 valence electrons. The third-order valence-electron chi connectivity index (χ3n) is 5.04. The molecule has 2 saturated heterocycles. The third kappa shape index (κ3) is 3.37. The van der Waals surface area contributed by atoms with E-state index in [1.54, 1.807) is 0 Å². The minimum atomic E-state index is -0.196. The molecule has 0 aromatic rings. The summed E-state index contributed by atoms with van der Waals surface area (Å²) in [6.45, 7) is 0.919. The maximum absolute atomic E-state index is 9.98. The molecular formula is C16H26O2S. The summed E-state index contributed by atoms with van der Waals surface area (Å²) in [5.74, 6) is 3.19. The second-order valence-corrected chi connectivity index (χ2v) is 7.61. The third-order valence-corrected chi connectivity index (χ3v) is 6.03. The Kier molecular flexibility index (Phi) is 4.55. The van der Waals surface area contributed by atoms with Gasteiger partial charge in [0, 0.05) is 6.61 Å². The summed E-state index contributed by atoms with van der Waals surface area (Å²) in [5.41, 5.74) is 1.71. The van der Waals surface area contributed by atoms with E-state index in [2.05, 4.69) is 17.8 Å². The van der Waals surface area contributed by atoms with Gasteiger partial charge in [0.05, 0.1) is 11.7 Å². The molecule has 0 bridgehead atoms. The van der Waals surface area contributed by atoms with Crippen LogP contribution in [-0.2, 0) is 4.74 Å². The smallest absolute Gasteiger partial charge is 0.0723 e. The fourth-order valence-electron chi connectivity index (χ4n) is 3.87. The Bertz CT molecular complexity index is 328. The number of allylic oxidation sites excluding steroid dienone is 1. The molecule has 2 fully saturated rings. The van der Waals surface area contributed by atoms with Crippen LogP contribution in [0.5, 0.6) is 0 Å². The Morgan fingerprint density at radius 3 is 2.89 bits per heavy atom. The van der Waals surface area contributed by atoms with Gasteiger partial charge in [0.1, 0.15) is 0 Å². The van der Waals surface area contributed by atoms with Gasteiger partial charge in [-0.15, -0.1) is 0 Å². The molecule has 2 unspecified atom stereocenters. The van der Waals surface area contributed by atoms with Gasteiger partial charge in [-0.25, -0.2) is 0 Å². The highest BCUT2D eigenvalue weighted by atomic mass is 32.2. The van der Waals surface area contributed by atoms with E-state index in [9.17, 15) is 5.11 Å². The van der Waals surface area contributed by atoms with Crippen LogP contribution in [0.15, 0.2) is 11.6 Å². The molecule has 2 aliphatic heterocycles. The van der Waals surface area contributed by atoms with E-state index in [4.69, 9.17) is 4.74 Å². The summed E-state index contributed by atoms with van der Waals surface area (Å²) in [5, 5.41) is 9.98. The van der Waals surface area contributed by atoms with Gasteiger partial charge in [-0.05, 0) is 62.4 Å². The van der Waals surface area contributed by atoms with Gasteiger partial charge in [0.2, 0.25) is 0 Å². The number of ether oxygens (including phenoxy) is 1. The van der Waals surface area contributed by atoms with Crippen LogP contribution in [0.3, 0.4) is 0 Å². The SMILES string of the molecule is OC1C=C(C2CCOC3(CCSCC3)C2)CCCC1. The molecule has 2 atom stereocenters. The quantitative estimate of drug-likeness (QED) is 0.746. The average molecular weight is 282 g/mol. The predicted octanol–water partition coefficient (Wildman–Crippen LogP) is 3.54. The van der Waals surface area contributed by atoms with Gasteiger partial charge in [0.15, 0.2) is 0 Å². The molecule has 1 N–H and O–H groups in total. The first kappa shape index (κ1) is 14.0. The van der Waals surface area contributed by atoms with Crippen molar-refractivity contribution in [3.05, 3.63) is 11.6 Å². The van der Waals surface area contributed by atoms with Crippen LogP contribution in [0.25, 0.3) is 0 Å². The lowest BCUT2D eigenvalue weighted by Crippen LogP contribution is -2.43. The summed E-state index contributed by atoms with van der Waals surface area (Å²) in [6.07, 6.45) is 11.4. The number of thioether (sulfide) groups is 1. The van der Waals surface area contributed by atoms with Gasteiger partial charge in [-0.3, -0.25) is 0 Å². The average Bonchev–Trinajstić information content (AvgIpc) is 2.64. The Labute approximate surface area is 121 Å². The summed E-state index contributed by atoms with van der Waals surface area (Å²) >= 11 is 2.07. The van der Waals surface area contributed by atoms with Crippen molar-refractivity contribution in [1.82, 2.24) is 0 Å². The van der Waals surface area contributed by atoms with Gasteiger partial charge in [0.25, 0.3) is 0 Å². The second kappa shape index (κ2) is 6.19. The molecule has 0 aromatic carbocycles. The zero-order chi connectivity index (χ0) is 13.1. The van der Waals surface area contributed by atoms with Crippen molar-refractivity contribution in [2.24, 2.45) is 5.92 Å². The first-order chi connectivity index (χ1) is 9.27. The molecule has 0 saturated carbocycles. The zero-order valence-corrected chi connectivity index (χ0v) is 12.6. The van der Waals surface area contributed by atoms with Crippen molar-refractivity contribution in [1.29, 1.82) is 0 Å². The molecule has 2 heterocycles. The Morgan fingerprint density at radius 2 is 2.05 bits per heavy atom. The first-order valence-electron chi connectivity index (χ1n) is 7.88. The lowest BCUT2D eigenvalue weighted by Gasteiger charge is -2.44. The van der Waals surface area contributed by atoms with E-state index in [0.29, 0.717) is 5.92 Å². The standard InChI is InChI=1S/C16H26O2S/c17-15-4-2-1-3-13(11-15)14-5-8-18-16(12-14)6-9-19-10-7-16/h11,14-15,17H,1-10,12H2. The minimum absolute atomic E-state index is 0.173. The Hall–Kier alpha value is 0.01000. The maximum atomic E-state index is 9.98. The van der Waals surface area contributed by atoms with E-state index in [1.165, 1.54) is 55.6 Å². The number of rotatable bonds is 1. The Morgan fingerprint density at radius 1 is 1.21 bits per heavy atom. The second-order valence-electron chi connectivity index (χ2n) is 6.39. The maximum Gasteiger partial charge on any atom is 0.0723 e. The van der Waals surface area contributed by atoms with Gasteiger partial charge < -0.3 is 9.84 Å². The number of aliphatic hydroxyl groups excluding tert-OH is 1. The van der Waals surface area contributed by atoms with E-state index >= 15 is 0 Å². The van der Waals surface area contributed by atoms with Crippen molar-refractivity contribution in [3.8, 4) is 0 Å². The van der Waals surface area contributed by atoms with Crippen LogP contribution < -0.4 is 0 Å². The lowest BCUT2D eigenvalue weighted by molar-refractivity contribution is -0.0969. The van der Waals surface area contributed by atoms with Gasteiger partial charge in [-0.1, -0.05) is 18.1 Å². The first-order valence-corrected chi connectivity index (χ1v) is 9.03. The fraction of sp³-hybridized carbons (Fsp3) is 0.875. The monoisotopic (exact) mass is 282 g/mol.